The molecule has 0 unspecified atom stereocenters. The highest BCUT2D eigenvalue weighted by Crippen LogP contribution is 2.35. The van der Waals surface area contributed by atoms with Gasteiger partial charge >= 0.3 is 0 Å². The molecule has 0 saturated heterocycles. The van der Waals surface area contributed by atoms with Gasteiger partial charge in [-0.1, -0.05) is 36.4 Å². The van der Waals surface area contributed by atoms with Crippen LogP contribution in [0.25, 0.3) is 0 Å². The van der Waals surface area contributed by atoms with Crippen molar-refractivity contribution in [1.29, 1.82) is 0 Å². The fourth-order valence-electron chi connectivity index (χ4n) is 3.78. The summed E-state index contributed by atoms with van der Waals surface area (Å²) in [6, 6.07) is 16.3. The number of benzene rings is 2. The lowest BCUT2D eigenvalue weighted by molar-refractivity contribution is -0.121. The van der Waals surface area contributed by atoms with Crippen LogP contribution >= 0.6 is 11.8 Å². The van der Waals surface area contributed by atoms with Crippen LogP contribution in [-0.2, 0) is 16.0 Å². The molecular weight excluding hydrogens is 344 g/mol. The molecule has 2 aliphatic rings. The fraction of sp³-hybridized carbons (Fsp3) is 0.333. The Bertz CT molecular complexity index is 836. The molecule has 0 bridgehead atoms. The lowest BCUT2D eigenvalue weighted by Gasteiger charge is -2.29. The van der Waals surface area contributed by atoms with Crippen molar-refractivity contribution >= 4 is 29.3 Å². The SMILES string of the molecule is O=C(CCN1C(=O)CSc2ccccc21)N[C@@H]1CCCc2ccccc21. The van der Waals surface area contributed by atoms with Crippen LogP contribution in [0.5, 0.6) is 0 Å². The van der Waals surface area contributed by atoms with Crippen molar-refractivity contribution in [3.05, 3.63) is 59.7 Å². The third-order valence-electron chi connectivity index (χ3n) is 5.08. The number of hydrogen-bond donors (Lipinski definition) is 1. The Hall–Kier alpha value is -2.27. The number of nitrogens with one attached hydrogen (secondary N) is 1. The van der Waals surface area contributed by atoms with E-state index < -0.39 is 0 Å². The van der Waals surface area contributed by atoms with E-state index in [-0.39, 0.29) is 17.9 Å². The predicted molar refractivity (Wildman–Crippen MR) is 104 cm³/mol. The van der Waals surface area contributed by atoms with Crippen LogP contribution in [0.1, 0.15) is 36.4 Å². The van der Waals surface area contributed by atoms with Crippen LogP contribution in [0.2, 0.25) is 0 Å². The summed E-state index contributed by atoms with van der Waals surface area (Å²) in [5.74, 6) is 0.522. The predicted octanol–water partition coefficient (Wildman–Crippen LogP) is 3.71. The van der Waals surface area contributed by atoms with Gasteiger partial charge in [-0.2, -0.15) is 0 Å². The van der Waals surface area contributed by atoms with Gasteiger partial charge in [0.2, 0.25) is 11.8 Å². The van der Waals surface area contributed by atoms with E-state index >= 15 is 0 Å². The Balaban J connectivity index is 1.40. The number of carbonyl (C=O) groups excluding carboxylic acids is 2. The molecule has 2 amide bonds. The normalized spacial score (nSPS) is 18.8. The van der Waals surface area contributed by atoms with E-state index in [1.807, 2.05) is 30.3 Å². The van der Waals surface area contributed by atoms with Crippen LogP contribution in [0, 0.1) is 0 Å². The maximum Gasteiger partial charge on any atom is 0.237 e. The van der Waals surface area contributed by atoms with E-state index in [4.69, 9.17) is 0 Å². The number of amides is 2. The third kappa shape index (κ3) is 3.49. The van der Waals surface area contributed by atoms with Crippen molar-refractivity contribution < 1.29 is 9.59 Å². The summed E-state index contributed by atoms with van der Waals surface area (Å²) in [6.45, 7) is 0.427. The number of para-hydroxylation sites is 1. The Kier molecular flexibility index (Phi) is 4.98. The number of fused-ring (bicyclic) bond motifs is 2. The molecule has 0 saturated carbocycles. The molecule has 1 aliphatic carbocycles. The molecule has 134 valence electrons. The van der Waals surface area contributed by atoms with Crippen LogP contribution < -0.4 is 10.2 Å². The number of nitrogens with zero attached hydrogens (tertiary/aromatic N) is 1. The molecule has 1 atom stereocenters. The van der Waals surface area contributed by atoms with E-state index in [1.165, 1.54) is 11.1 Å². The van der Waals surface area contributed by atoms with Crippen molar-refractivity contribution in [3.8, 4) is 0 Å². The van der Waals surface area contributed by atoms with Crippen LogP contribution in [0.15, 0.2) is 53.4 Å². The largest absolute Gasteiger partial charge is 0.349 e. The Labute approximate surface area is 158 Å². The number of anilines is 1. The molecule has 4 rings (SSSR count). The van der Waals surface area contributed by atoms with Gasteiger partial charge in [-0.25, -0.2) is 0 Å². The molecule has 2 aromatic carbocycles. The number of thioether (sulfide) groups is 1. The summed E-state index contributed by atoms with van der Waals surface area (Å²) >= 11 is 1.56. The van der Waals surface area contributed by atoms with Crippen molar-refractivity contribution in [3.63, 3.8) is 0 Å². The molecule has 0 fully saturated rings. The van der Waals surface area contributed by atoms with E-state index in [2.05, 4.69) is 23.5 Å². The zero-order valence-electron chi connectivity index (χ0n) is 14.6. The van der Waals surface area contributed by atoms with Crippen molar-refractivity contribution in [1.82, 2.24) is 5.32 Å². The number of rotatable bonds is 4. The van der Waals surface area contributed by atoms with Gasteiger partial charge in [-0.05, 0) is 42.5 Å². The number of aryl methyl sites for hydroxylation is 1. The molecule has 1 heterocycles. The summed E-state index contributed by atoms with van der Waals surface area (Å²) < 4.78 is 0. The second kappa shape index (κ2) is 7.54. The molecule has 1 aliphatic heterocycles. The molecule has 1 N–H and O–H groups in total. The first-order chi connectivity index (χ1) is 12.7. The monoisotopic (exact) mass is 366 g/mol. The molecule has 0 aromatic heterocycles. The first kappa shape index (κ1) is 17.2. The zero-order chi connectivity index (χ0) is 17.9. The Morgan fingerprint density at radius 1 is 1.15 bits per heavy atom. The van der Waals surface area contributed by atoms with Gasteiger partial charge in [0.1, 0.15) is 0 Å². The molecular formula is C21H22N2O2S. The highest BCUT2D eigenvalue weighted by Gasteiger charge is 2.26. The lowest BCUT2D eigenvalue weighted by atomic mass is 9.87. The van der Waals surface area contributed by atoms with E-state index in [9.17, 15) is 9.59 Å². The average Bonchev–Trinajstić information content (AvgIpc) is 2.67. The molecule has 5 heteroatoms. The highest BCUT2D eigenvalue weighted by atomic mass is 32.2. The quantitative estimate of drug-likeness (QED) is 0.897. The number of hydrogen-bond acceptors (Lipinski definition) is 3. The topological polar surface area (TPSA) is 49.4 Å². The molecule has 0 radical (unpaired) electrons. The Morgan fingerprint density at radius 2 is 1.96 bits per heavy atom. The van der Waals surface area contributed by atoms with E-state index in [0.717, 1.165) is 29.8 Å². The van der Waals surface area contributed by atoms with Crippen LogP contribution in [0.3, 0.4) is 0 Å². The first-order valence-electron chi connectivity index (χ1n) is 9.12. The van der Waals surface area contributed by atoms with Gasteiger partial charge in [0.05, 0.1) is 17.5 Å². The third-order valence-corrected chi connectivity index (χ3v) is 6.12. The van der Waals surface area contributed by atoms with Gasteiger partial charge in [0, 0.05) is 17.9 Å². The molecule has 0 spiro atoms. The van der Waals surface area contributed by atoms with E-state index in [0.29, 0.717) is 18.7 Å². The molecule has 26 heavy (non-hydrogen) atoms. The van der Waals surface area contributed by atoms with Crippen molar-refractivity contribution in [2.24, 2.45) is 0 Å². The van der Waals surface area contributed by atoms with Gasteiger partial charge in [0.25, 0.3) is 0 Å². The van der Waals surface area contributed by atoms with Crippen LogP contribution in [0.4, 0.5) is 5.69 Å². The smallest absolute Gasteiger partial charge is 0.237 e. The molecule has 4 nitrogen and oxygen atoms in total. The standard InChI is InChI=1S/C21H22N2O2S/c24-20(22-17-9-5-7-15-6-1-2-8-16(15)17)12-13-23-18-10-3-4-11-19(18)26-14-21(23)25/h1-4,6,8,10-11,17H,5,7,9,12-14H2,(H,22,24)/t17-/m1/s1. The van der Waals surface area contributed by atoms with Gasteiger partial charge < -0.3 is 10.2 Å². The minimum absolute atomic E-state index is 0.00945. The minimum atomic E-state index is 0.00945. The van der Waals surface area contributed by atoms with Gasteiger partial charge in [-0.15, -0.1) is 11.8 Å². The fourth-order valence-corrected chi connectivity index (χ4v) is 4.72. The first-order valence-corrected chi connectivity index (χ1v) is 10.1. The van der Waals surface area contributed by atoms with Crippen LogP contribution in [-0.4, -0.2) is 24.1 Å². The summed E-state index contributed by atoms with van der Waals surface area (Å²) in [5, 5.41) is 3.17. The summed E-state index contributed by atoms with van der Waals surface area (Å²) in [6.07, 6.45) is 3.48. The second-order valence-corrected chi connectivity index (χ2v) is 7.78. The summed E-state index contributed by atoms with van der Waals surface area (Å²) in [5.41, 5.74) is 3.49. The second-order valence-electron chi connectivity index (χ2n) is 6.76. The minimum Gasteiger partial charge on any atom is -0.349 e. The van der Waals surface area contributed by atoms with Gasteiger partial charge in [0.15, 0.2) is 0 Å². The summed E-state index contributed by atoms with van der Waals surface area (Å²) in [7, 11) is 0. The number of carbonyl (C=O) groups is 2. The lowest BCUT2D eigenvalue weighted by Crippen LogP contribution is -2.39. The van der Waals surface area contributed by atoms with E-state index in [1.54, 1.807) is 16.7 Å². The maximum absolute atomic E-state index is 12.5. The van der Waals surface area contributed by atoms with Crippen molar-refractivity contribution in [2.75, 3.05) is 17.2 Å². The average molecular weight is 366 g/mol. The maximum atomic E-state index is 12.5. The van der Waals surface area contributed by atoms with Gasteiger partial charge in [-0.3, -0.25) is 9.59 Å². The van der Waals surface area contributed by atoms with Crippen molar-refractivity contribution in [2.45, 2.75) is 36.6 Å². The zero-order valence-corrected chi connectivity index (χ0v) is 15.4. The Morgan fingerprint density at radius 3 is 2.88 bits per heavy atom. The molecule has 2 aromatic rings. The highest BCUT2D eigenvalue weighted by molar-refractivity contribution is 8.00. The summed E-state index contributed by atoms with van der Waals surface area (Å²) in [4.78, 5) is 27.7.